The van der Waals surface area contributed by atoms with Crippen LogP contribution in [-0.2, 0) is 13.2 Å². The van der Waals surface area contributed by atoms with Crippen molar-refractivity contribution in [1.82, 2.24) is 4.90 Å². The van der Waals surface area contributed by atoms with Gasteiger partial charge in [0.1, 0.15) is 18.1 Å². The van der Waals surface area contributed by atoms with Crippen LogP contribution in [0.3, 0.4) is 0 Å². The molecule has 0 fully saturated rings. The smallest absolute Gasteiger partial charge is 0.253 e. The largest absolute Gasteiger partial charge is 0.493 e. The Kier molecular flexibility index (Phi) is 7.71. The lowest BCUT2D eigenvalue weighted by molar-refractivity contribution is 0.0785. The summed E-state index contributed by atoms with van der Waals surface area (Å²) in [5.74, 6) is 1.93. The first kappa shape index (κ1) is 22.4. The van der Waals surface area contributed by atoms with E-state index in [1.54, 1.807) is 4.90 Å². The van der Waals surface area contributed by atoms with E-state index < -0.39 is 0 Å². The van der Waals surface area contributed by atoms with Crippen molar-refractivity contribution >= 4 is 5.91 Å². The first-order valence-electron chi connectivity index (χ1n) is 10.8. The van der Waals surface area contributed by atoms with E-state index in [0.29, 0.717) is 31.2 Å². The van der Waals surface area contributed by atoms with E-state index in [4.69, 9.17) is 9.47 Å². The average molecular weight is 418 g/mol. The van der Waals surface area contributed by atoms with Gasteiger partial charge in [-0.15, -0.1) is 0 Å². The summed E-state index contributed by atoms with van der Waals surface area (Å²) in [6.07, 6.45) is 0. The molecule has 0 saturated carbocycles. The van der Waals surface area contributed by atoms with Gasteiger partial charge in [0.05, 0.1) is 6.61 Å². The number of para-hydroxylation sites is 1. The van der Waals surface area contributed by atoms with Gasteiger partial charge in [-0.1, -0.05) is 62.4 Å². The zero-order valence-electron chi connectivity index (χ0n) is 18.8. The second-order valence-corrected chi connectivity index (χ2v) is 7.88. The lowest BCUT2D eigenvalue weighted by Crippen LogP contribution is -2.26. The highest BCUT2D eigenvalue weighted by Crippen LogP contribution is 2.28. The Bertz CT molecular complexity index is 998. The summed E-state index contributed by atoms with van der Waals surface area (Å²) in [5.41, 5.74) is 3.74. The minimum Gasteiger partial charge on any atom is -0.493 e. The fourth-order valence-corrected chi connectivity index (χ4v) is 3.52. The summed E-state index contributed by atoms with van der Waals surface area (Å²) in [7, 11) is 1.82. The van der Waals surface area contributed by atoms with Crippen LogP contribution in [0.1, 0.15) is 53.7 Å². The summed E-state index contributed by atoms with van der Waals surface area (Å²) in [6.45, 7) is 7.69. The Morgan fingerprint density at radius 3 is 2.32 bits per heavy atom. The van der Waals surface area contributed by atoms with Crippen molar-refractivity contribution in [1.29, 1.82) is 0 Å². The molecule has 0 heterocycles. The van der Waals surface area contributed by atoms with Gasteiger partial charge in [0.15, 0.2) is 0 Å². The van der Waals surface area contributed by atoms with Crippen molar-refractivity contribution in [3.8, 4) is 11.5 Å². The third kappa shape index (κ3) is 5.88. The Hall–Kier alpha value is -3.27. The second-order valence-electron chi connectivity index (χ2n) is 7.88. The molecule has 3 aromatic rings. The average Bonchev–Trinajstić information content (AvgIpc) is 2.79. The van der Waals surface area contributed by atoms with Crippen molar-refractivity contribution in [3.63, 3.8) is 0 Å². The van der Waals surface area contributed by atoms with E-state index in [1.165, 1.54) is 0 Å². The van der Waals surface area contributed by atoms with Crippen LogP contribution in [0.25, 0.3) is 0 Å². The predicted octanol–water partition coefficient (Wildman–Crippen LogP) is 6.06. The van der Waals surface area contributed by atoms with Gasteiger partial charge in [-0.25, -0.2) is 0 Å². The molecule has 0 aliphatic heterocycles. The molecule has 0 aliphatic carbocycles. The van der Waals surface area contributed by atoms with E-state index in [-0.39, 0.29) is 5.91 Å². The van der Waals surface area contributed by atoms with Crippen molar-refractivity contribution in [2.75, 3.05) is 13.7 Å². The molecule has 0 bridgehead atoms. The van der Waals surface area contributed by atoms with E-state index in [2.05, 4.69) is 19.9 Å². The first-order valence-corrected chi connectivity index (χ1v) is 10.8. The summed E-state index contributed by atoms with van der Waals surface area (Å²) in [6, 6.07) is 23.6. The highest BCUT2D eigenvalue weighted by molar-refractivity contribution is 5.94. The number of hydrogen-bond donors (Lipinski definition) is 0. The summed E-state index contributed by atoms with van der Waals surface area (Å²) < 4.78 is 11.9. The fraction of sp³-hybridized carbons (Fsp3) is 0.296. The van der Waals surface area contributed by atoms with Gasteiger partial charge in [-0.3, -0.25) is 4.79 Å². The molecule has 0 aromatic heterocycles. The lowest BCUT2D eigenvalue weighted by atomic mass is 10.0. The Morgan fingerprint density at radius 2 is 1.61 bits per heavy atom. The topological polar surface area (TPSA) is 38.8 Å². The van der Waals surface area contributed by atoms with Crippen LogP contribution >= 0.6 is 0 Å². The van der Waals surface area contributed by atoms with Gasteiger partial charge in [0.25, 0.3) is 5.91 Å². The maximum Gasteiger partial charge on any atom is 0.253 e. The molecule has 4 nitrogen and oxygen atoms in total. The zero-order chi connectivity index (χ0) is 22.2. The number of benzene rings is 3. The molecule has 0 radical (unpaired) electrons. The molecule has 0 atom stereocenters. The molecule has 0 saturated heterocycles. The third-order valence-corrected chi connectivity index (χ3v) is 5.14. The van der Waals surface area contributed by atoms with Crippen LogP contribution in [0, 0.1) is 0 Å². The third-order valence-electron chi connectivity index (χ3n) is 5.14. The van der Waals surface area contributed by atoms with E-state index in [0.717, 1.165) is 28.2 Å². The normalized spacial score (nSPS) is 10.7. The molecule has 3 rings (SSSR count). The van der Waals surface area contributed by atoms with Gasteiger partial charge >= 0.3 is 0 Å². The van der Waals surface area contributed by atoms with E-state index >= 15 is 0 Å². The minimum atomic E-state index is -0.0317. The first-order chi connectivity index (χ1) is 15.0. The Balaban J connectivity index is 1.79. The fourth-order valence-electron chi connectivity index (χ4n) is 3.52. The van der Waals surface area contributed by atoms with Crippen molar-refractivity contribution in [3.05, 3.63) is 95.1 Å². The number of carbonyl (C=O) groups is 1. The van der Waals surface area contributed by atoms with Crippen LogP contribution in [0.15, 0.2) is 72.8 Å². The van der Waals surface area contributed by atoms with Crippen LogP contribution in [-0.4, -0.2) is 24.5 Å². The number of amides is 1. The van der Waals surface area contributed by atoms with Crippen LogP contribution in [0.5, 0.6) is 11.5 Å². The second kappa shape index (κ2) is 10.7. The highest BCUT2D eigenvalue weighted by Gasteiger charge is 2.16. The van der Waals surface area contributed by atoms with Crippen LogP contribution in [0.4, 0.5) is 0 Å². The maximum atomic E-state index is 13.0. The van der Waals surface area contributed by atoms with E-state index in [9.17, 15) is 4.79 Å². The van der Waals surface area contributed by atoms with Crippen molar-refractivity contribution < 1.29 is 14.3 Å². The molecule has 0 unspecified atom stereocenters. The molecule has 4 heteroatoms. The zero-order valence-corrected chi connectivity index (χ0v) is 18.8. The van der Waals surface area contributed by atoms with Gasteiger partial charge < -0.3 is 14.4 Å². The number of carbonyl (C=O) groups excluding carboxylic acids is 1. The number of nitrogens with zero attached hydrogens (tertiary/aromatic N) is 1. The van der Waals surface area contributed by atoms with Crippen molar-refractivity contribution in [2.45, 2.75) is 39.8 Å². The maximum absolute atomic E-state index is 13.0. The van der Waals surface area contributed by atoms with Gasteiger partial charge in [0.2, 0.25) is 0 Å². The van der Waals surface area contributed by atoms with E-state index in [1.807, 2.05) is 80.7 Å². The molecule has 0 N–H and O–H groups in total. The molecular weight excluding hydrogens is 386 g/mol. The molecular formula is C27H31NO3. The van der Waals surface area contributed by atoms with Crippen LogP contribution < -0.4 is 9.47 Å². The van der Waals surface area contributed by atoms with Crippen LogP contribution in [0.2, 0.25) is 0 Å². The summed E-state index contributed by atoms with van der Waals surface area (Å²) in [5, 5.41) is 0. The summed E-state index contributed by atoms with van der Waals surface area (Å²) >= 11 is 0. The Labute approximate surface area is 185 Å². The standard InChI is InChI=1S/C27H31NO3/c1-5-30-25-16-15-22(27(29)28(4)18-21-11-7-6-8-12-21)17-23(25)19-31-26-14-10-9-13-24(26)20(2)3/h6-17,20H,5,18-19H2,1-4H3. The molecule has 0 aliphatic rings. The predicted molar refractivity (Wildman–Crippen MR) is 125 cm³/mol. The number of rotatable bonds is 9. The Morgan fingerprint density at radius 1 is 0.903 bits per heavy atom. The van der Waals surface area contributed by atoms with Crippen molar-refractivity contribution in [2.24, 2.45) is 0 Å². The minimum absolute atomic E-state index is 0.0317. The SMILES string of the molecule is CCOc1ccc(C(=O)N(C)Cc2ccccc2)cc1COc1ccccc1C(C)C. The molecule has 0 spiro atoms. The van der Waals surface area contributed by atoms with Gasteiger partial charge in [-0.2, -0.15) is 0 Å². The molecule has 1 amide bonds. The van der Waals surface area contributed by atoms with Gasteiger partial charge in [0, 0.05) is 24.7 Å². The molecule has 31 heavy (non-hydrogen) atoms. The quantitative estimate of drug-likeness (QED) is 0.425. The molecule has 162 valence electrons. The highest BCUT2D eigenvalue weighted by atomic mass is 16.5. The monoisotopic (exact) mass is 417 g/mol. The number of ether oxygens (including phenoxy) is 2. The lowest BCUT2D eigenvalue weighted by Gasteiger charge is -2.19. The summed E-state index contributed by atoms with van der Waals surface area (Å²) in [4.78, 5) is 14.8. The number of hydrogen-bond acceptors (Lipinski definition) is 3. The van der Waals surface area contributed by atoms with Gasteiger partial charge in [-0.05, 0) is 48.2 Å². The molecule has 3 aromatic carbocycles.